The van der Waals surface area contributed by atoms with Crippen LogP contribution in [0.15, 0.2) is 30.1 Å². The molecule has 0 aliphatic carbocycles. The van der Waals surface area contributed by atoms with E-state index in [-0.39, 0.29) is 39.5 Å². The molecular formula is C17H21ClN2ORe-2. The number of hydrogen-bond donors (Lipinski definition) is 1. The van der Waals surface area contributed by atoms with Crippen molar-refractivity contribution in [1.29, 1.82) is 0 Å². The van der Waals surface area contributed by atoms with E-state index in [2.05, 4.69) is 31.1 Å². The predicted octanol–water partition coefficient (Wildman–Crippen LogP) is 4.58. The third-order valence-electron chi connectivity index (χ3n) is 3.54. The van der Waals surface area contributed by atoms with Gasteiger partial charge in [-0.1, -0.05) is 38.4 Å². The molecule has 0 fully saturated rings. The van der Waals surface area contributed by atoms with Crippen molar-refractivity contribution in [3.8, 4) is 0 Å². The van der Waals surface area contributed by atoms with Crippen molar-refractivity contribution in [2.24, 2.45) is 5.41 Å². The van der Waals surface area contributed by atoms with Crippen LogP contribution < -0.4 is 10.3 Å². The summed E-state index contributed by atoms with van der Waals surface area (Å²) in [6.07, 6.45) is 1.83. The first-order valence-electron chi connectivity index (χ1n) is 6.71. The molecule has 1 aliphatic rings. The maximum atomic E-state index is 6.12. The minimum absolute atomic E-state index is 0. The summed E-state index contributed by atoms with van der Waals surface area (Å²) in [5, 5.41) is 5.15. The summed E-state index contributed by atoms with van der Waals surface area (Å²) < 4.78 is 6.12. The Morgan fingerprint density at radius 2 is 1.95 bits per heavy atom. The standard InChI is InChI=1S/C16H18ClN2O.CH3.Re/c1-9-14(20-15(19-9)16(2,3)4)12-8-18-13-6-5-10(17)7-11(12)13;;/h5-8,15,19H,1-4H3;1H3;/q2*-1;. The molecule has 0 bridgehead atoms. The van der Waals surface area contributed by atoms with Crippen LogP contribution in [0.5, 0.6) is 0 Å². The molecule has 22 heavy (non-hydrogen) atoms. The molecule has 1 N–H and O–H groups in total. The summed E-state index contributed by atoms with van der Waals surface area (Å²) in [5.74, 6) is 0.870. The molecule has 2 heterocycles. The maximum Gasteiger partial charge on any atom is 0.174 e. The molecule has 1 aliphatic heterocycles. The van der Waals surface area contributed by atoms with Gasteiger partial charge < -0.3 is 22.5 Å². The third kappa shape index (κ3) is 3.35. The molecule has 0 saturated heterocycles. The number of fused-ring (bicyclic) bond motifs is 1. The Bertz CT molecular complexity index is 700. The van der Waals surface area contributed by atoms with E-state index in [9.17, 15) is 0 Å². The fraction of sp³-hybridized carbons (Fsp3) is 0.353. The van der Waals surface area contributed by atoms with Crippen molar-refractivity contribution in [1.82, 2.24) is 10.3 Å². The third-order valence-corrected chi connectivity index (χ3v) is 3.77. The number of ether oxygens (including phenoxy) is 1. The average molecular weight is 491 g/mol. The molecule has 1 unspecified atom stereocenters. The topological polar surface area (TPSA) is 35.4 Å². The Kier molecular flexibility index (Phi) is 5.78. The number of halogens is 1. The van der Waals surface area contributed by atoms with Crippen molar-refractivity contribution in [2.45, 2.75) is 33.9 Å². The van der Waals surface area contributed by atoms with Crippen molar-refractivity contribution in [3.63, 3.8) is 0 Å². The summed E-state index contributed by atoms with van der Waals surface area (Å²) in [6.45, 7) is 8.49. The fourth-order valence-corrected chi connectivity index (χ4v) is 2.55. The number of nitrogens with one attached hydrogen (secondary N) is 1. The minimum atomic E-state index is -0.0263. The van der Waals surface area contributed by atoms with Gasteiger partial charge >= 0.3 is 0 Å². The monoisotopic (exact) mass is 491 g/mol. The molecule has 0 spiro atoms. The maximum absolute atomic E-state index is 6.12. The molecule has 1 atom stereocenters. The van der Waals surface area contributed by atoms with E-state index in [1.165, 1.54) is 0 Å². The second kappa shape index (κ2) is 6.66. The largest absolute Gasteiger partial charge is 0.663 e. The van der Waals surface area contributed by atoms with Crippen LogP contribution in [-0.2, 0) is 25.2 Å². The molecular weight excluding hydrogens is 470 g/mol. The first-order valence-corrected chi connectivity index (χ1v) is 7.09. The van der Waals surface area contributed by atoms with Gasteiger partial charge in [0.25, 0.3) is 0 Å². The van der Waals surface area contributed by atoms with Gasteiger partial charge in [-0.2, -0.15) is 6.20 Å². The van der Waals surface area contributed by atoms with E-state index in [0.717, 1.165) is 27.9 Å². The van der Waals surface area contributed by atoms with Crippen molar-refractivity contribution >= 4 is 28.3 Å². The number of benzene rings is 1. The van der Waals surface area contributed by atoms with Gasteiger partial charge in [-0.15, -0.1) is 5.52 Å². The van der Waals surface area contributed by atoms with Crippen LogP contribution >= 0.6 is 11.6 Å². The summed E-state index contributed by atoms with van der Waals surface area (Å²) in [6, 6.07) is 5.72. The smallest absolute Gasteiger partial charge is 0.174 e. The van der Waals surface area contributed by atoms with Gasteiger partial charge in [0.2, 0.25) is 0 Å². The zero-order valence-corrected chi connectivity index (χ0v) is 17.0. The number of rotatable bonds is 1. The van der Waals surface area contributed by atoms with Crippen LogP contribution in [-0.4, -0.2) is 6.23 Å². The summed E-state index contributed by atoms with van der Waals surface area (Å²) in [7, 11) is 0. The number of aromatic nitrogens is 1. The van der Waals surface area contributed by atoms with E-state index >= 15 is 0 Å². The molecule has 5 heteroatoms. The Morgan fingerprint density at radius 3 is 2.55 bits per heavy atom. The second-order valence-corrected chi connectivity index (χ2v) is 6.73. The molecule has 1 aromatic heterocycles. The molecule has 0 saturated carbocycles. The van der Waals surface area contributed by atoms with Gasteiger partial charge in [0, 0.05) is 36.4 Å². The normalized spacial score (nSPS) is 17.6. The van der Waals surface area contributed by atoms with E-state index in [4.69, 9.17) is 16.3 Å². The van der Waals surface area contributed by atoms with E-state index in [1.54, 1.807) is 0 Å². The molecule has 3 rings (SSSR count). The number of hydrogen-bond acceptors (Lipinski definition) is 2. The molecule has 1 aromatic carbocycles. The van der Waals surface area contributed by atoms with Gasteiger partial charge in [-0.05, 0) is 24.4 Å². The Hall–Kier alpha value is -0.948. The van der Waals surface area contributed by atoms with Gasteiger partial charge in [-0.25, -0.2) is 0 Å². The van der Waals surface area contributed by atoms with Crippen LogP contribution in [0.2, 0.25) is 5.02 Å². The minimum Gasteiger partial charge on any atom is -0.663 e. The number of nitrogens with zero attached hydrogens (tertiary/aromatic N) is 1. The van der Waals surface area contributed by atoms with E-state index < -0.39 is 0 Å². The zero-order chi connectivity index (χ0) is 14.5. The van der Waals surface area contributed by atoms with Crippen molar-refractivity contribution in [3.05, 3.63) is 48.1 Å². The van der Waals surface area contributed by atoms with Crippen LogP contribution in [0.25, 0.3) is 16.7 Å². The Labute approximate surface area is 151 Å². The Morgan fingerprint density at radius 1 is 1.27 bits per heavy atom. The first kappa shape index (κ1) is 19.1. The van der Waals surface area contributed by atoms with Crippen LogP contribution in [0, 0.1) is 12.8 Å². The second-order valence-electron chi connectivity index (χ2n) is 6.30. The number of allylic oxidation sites excluding steroid dienone is 1. The van der Waals surface area contributed by atoms with Crippen molar-refractivity contribution < 1.29 is 25.2 Å². The Balaban J connectivity index is 0.00000121. The van der Waals surface area contributed by atoms with Crippen LogP contribution in [0.1, 0.15) is 33.3 Å². The molecule has 121 valence electrons. The van der Waals surface area contributed by atoms with Crippen LogP contribution in [0.4, 0.5) is 0 Å². The summed E-state index contributed by atoms with van der Waals surface area (Å²) >= 11 is 6.09. The van der Waals surface area contributed by atoms with Crippen LogP contribution in [0.3, 0.4) is 0 Å². The van der Waals surface area contributed by atoms with Gasteiger partial charge in [0.15, 0.2) is 6.23 Å². The molecule has 0 amide bonds. The molecule has 2 aromatic rings. The van der Waals surface area contributed by atoms with E-state index in [0.29, 0.717) is 5.02 Å². The van der Waals surface area contributed by atoms with Gasteiger partial charge in [-0.3, -0.25) is 0 Å². The quantitative estimate of drug-likeness (QED) is 0.594. The SMILES string of the molecule is CC1=C(c2c[n-]c3ccc(Cl)cc23)OC(C(C)(C)C)N1.[CH3-].[Re]. The van der Waals surface area contributed by atoms with Crippen molar-refractivity contribution in [2.75, 3.05) is 0 Å². The van der Waals surface area contributed by atoms with E-state index in [1.807, 2.05) is 31.3 Å². The molecule has 3 nitrogen and oxygen atoms in total. The summed E-state index contributed by atoms with van der Waals surface area (Å²) in [4.78, 5) is 4.43. The van der Waals surface area contributed by atoms with Gasteiger partial charge in [0.05, 0.1) is 5.70 Å². The predicted molar refractivity (Wildman–Crippen MR) is 88.7 cm³/mol. The zero-order valence-electron chi connectivity index (χ0n) is 13.5. The fourth-order valence-electron chi connectivity index (χ4n) is 2.38. The first-order chi connectivity index (χ1) is 9.36. The van der Waals surface area contributed by atoms with Gasteiger partial charge in [0.1, 0.15) is 5.76 Å². The summed E-state index contributed by atoms with van der Waals surface area (Å²) in [5.41, 5.74) is 3.00. The average Bonchev–Trinajstić information content (AvgIpc) is 2.91. The molecule has 1 radical (unpaired) electrons.